The zero-order valence-electron chi connectivity index (χ0n) is 12.1. The minimum Gasteiger partial charge on any atom is -0.366 e. The van der Waals surface area contributed by atoms with Crippen LogP contribution in [0.5, 0.6) is 0 Å². The highest BCUT2D eigenvalue weighted by molar-refractivity contribution is 6.23. The number of hydrogen-bond donors (Lipinski definition) is 1. The maximum Gasteiger partial charge on any atom is 0.244 e. The summed E-state index contributed by atoms with van der Waals surface area (Å²) < 4.78 is 0. The molecule has 2 heteroatoms. The molecule has 0 aliphatic heterocycles. The van der Waals surface area contributed by atoms with E-state index >= 15 is 0 Å². The van der Waals surface area contributed by atoms with E-state index < -0.39 is 5.91 Å². The van der Waals surface area contributed by atoms with Crippen molar-refractivity contribution < 1.29 is 4.79 Å². The van der Waals surface area contributed by atoms with Gasteiger partial charge in [0.2, 0.25) is 5.91 Å². The number of carbonyl (C=O) groups excluding carboxylic acids is 1. The topological polar surface area (TPSA) is 43.1 Å². The van der Waals surface area contributed by atoms with Crippen molar-refractivity contribution >= 4 is 38.2 Å². The first-order valence-electron chi connectivity index (χ1n) is 7.28. The summed E-state index contributed by atoms with van der Waals surface area (Å²) in [7, 11) is 0. The molecule has 0 unspecified atom stereocenters. The molecule has 0 bridgehead atoms. The van der Waals surface area contributed by atoms with Crippen molar-refractivity contribution in [3.05, 3.63) is 72.3 Å². The third kappa shape index (κ3) is 1.77. The van der Waals surface area contributed by atoms with Gasteiger partial charge >= 0.3 is 0 Å². The third-order valence-corrected chi connectivity index (χ3v) is 4.37. The molecular formula is C20H15NO. The zero-order chi connectivity index (χ0) is 15.3. The van der Waals surface area contributed by atoms with Gasteiger partial charge in [-0.05, 0) is 37.9 Å². The summed E-state index contributed by atoms with van der Waals surface area (Å²) in [4.78, 5) is 11.3. The van der Waals surface area contributed by atoms with E-state index in [1.807, 2.05) is 0 Å². The lowest BCUT2D eigenvalue weighted by atomic mass is 9.90. The smallest absolute Gasteiger partial charge is 0.244 e. The van der Waals surface area contributed by atoms with Crippen molar-refractivity contribution in [3.63, 3.8) is 0 Å². The molecule has 0 heterocycles. The molecule has 0 saturated carbocycles. The van der Waals surface area contributed by atoms with Crippen LogP contribution in [-0.4, -0.2) is 5.91 Å². The zero-order valence-corrected chi connectivity index (χ0v) is 12.1. The fraction of sp³-hybridized carbons (Fsp3) is 0.0500. The summed E-state index contributed by atoms with van der Waals surface area (Å²) in [5.74, 6) is -0.439. The molecule has 22 heavy (non-hydrogen) atoms. The van der Waals surface area contributed by atoms with Gasteiger partial charge in [0.1, 0.15) is 0 Å². The summed E-state index contributed by atoms with van der Waals surface area (Å²) in [6, 6.07) is 19.1. The predicted octanol–water partition coefficient (Wildman–Crippen LogP) is 4.17. The Balaban J connectivity index is 2.08. The van der Waals surface area contributed by atoms with E-state index in [1.165, 1.54) is 32.3 Å². The van der Waals surface area contributed by atoms with Gasteiger partial charge < -0.3 is 5.73 Å². The lowest BCUT2D eigenvalue weighted by Crippen LogP contribution is -2.14. The Hall–Kier alpha value is -2.87. The van der Waals surface area contributed by atoms with Gasteiger partial charge in [-0.3, -0.25) is 4.79 Å². The van der Waals surface area contributed by atoms with Crippen molar-refractivity contribution in [2.75, 3.05) is 0 Å². The van der Waals surface area contributed by atoms with Crippen LogP contribution < -0.4 is 5.73 Å². The summed E-state index contributed by atoms with van der Waals surface area (Å²) in [6.45, 7) is 3.78. The molecular weight excluding hydrogens is 270 g/mol. The monoisotopic (exact) mass is 285 g/mol. The van der Waals surface area contributed by atoms with Gasteiger partial charge in [-0.15, -0.1) is 0 Å². The van der Waals surface area contributed by atoms with Gasteiger partial charge in [-0.1, -0.05) is 61.2 Å². The van der Waals surface area contributed by atoms with Gasteiger partial charge in [0.25, 0.3) is 0 Å². The molecule has 2 nitrogen and oxygen atoms in total. The highest BCUT2D eigenvalue weighted by atomic mass is 16.1. The highest BCUT2D eigenvalue weighted by Gasteiger charge is 2.12. The third-order valence-electron chi connectivity index (χ3n) is 4.37. The lowest BCUT2D eigenvalue weighted by molar-refractivity contribution is -0.114. The Morgan fingerprint density at radius 3 is 2.14 bits per heavy atom. The van der Waals surface area contributed by atoms with Gasteiger partial charge in [-0.2, -0.15) is 0 Å². The molecule has 0 aromatic heterocycles. The molecule has 0 aliphatic rings. The fourth-order valence-electron chi connectivity index (χ4n) is 3.27. The molecule has 4 rings (SSSR count). The van der Waals surface area contributed by atoms with Crippen LogP contribution in [0.25, 0.3) is 32.3 Å². The first-order valence-corrected chi connectivity index (χ1v) is 7.28. The van der Waals surface area contributed by atoms with Crippen LogP contribution in [0.3, 0.4) is 0 Å². The molecule has 0 fully saturated rings. The van der Waals surface area contributed by atoms with Gasteiger partial charge in [0.15, 0.2) is 0 Å². The molecule has 0 spiro atoms. The number of nitrogens with two attached hydrogens (primary N) is 1. The number of rotatable bonds is 3. The van der Waals surface area contributed by atoms with Crippen LogP contribution in [0.1, 0.15) is 5.56 Å². The molecule has 0 atom stereocenters. The Bertz CT molecular complexity index is 1030. The van der Waals surface area contributed by atoms with Crippen LogP contribution in [0.4, 0.5) is 0 Å². The van der Waals surface area contributed by atoms with Crippen LogP contribution in [-0.2, 0) is 11.2 Å². The summed E-state index contributed by atoms with van der Waals surface area (Å²) in [5, 5.41) is 7.40. The highest BCUT2D eigenvalue weighted by Crippen LogP contribution is 2.36. The van der Waals surface area contributed by atoms with Crippen molar-refractivity contribution in [1.29, 1.82) is 0 Å². The number of carbonyl (C=O) groups is 1. The van der Waals surface area contributed by atoms with E-state index in [2.05, 4.69) is 61.2 Å². The lowest BCUT2D eigenvalue weighted by Gasteiger charge is -2.14. The number of amides is 1. The van der Waals surface area contributed by atoms with Crippen LogP contribution >= 0.6 is 0 Å². The summed E-state index contributed by atoms with van der Waals surface area (Å²) in [5.41, 5.74) is 6.87. The van der Waals surface area contributed by atoms with E-state index in [0.29, 0.717) is 12.0 Å². The second-order valence-electron chi connectivity index (χ2n) is 5.73. The molecule has 0 radical (unpaired) electrons. The number of benzene rings is 4. The molecule has 0 aliphatic carbocycles. The van der Waals surface area contributed by atoms with Crippen LogP contribution in [0.15, 0.2) is 66.7 Å². The van der Waals surface area contributed by atoms with Crippen molar-refractivity contribution in [2.24, 2.45) is 5.73 Å². The van der Waals surface area contributed by atoms with E-state index in [1.54, 1.807) is 0 Å². The van der Waals surface area contributed by atoms with Crippen molar-refractivity contribution in [2.45, 2.75) is 6.42 Å². The molecule has 2 N–H and O–H groups in total. The van der Waals surface area contributed by atoms with E-state index in [0.717, 1.165) is 5.56 Å². The molecule has 1 amide bonds. The summed E-state index contributed by atoms with van der Waals surface area (Å²) in [6.07, 6.45) is 0.490. The van der Waals surface area contributed by atoms with Crippen molar-refractivity contribution in [1.82, 2.24) is 0 Å². The SMILES string of the molecule is C=C(Cc1ccc2ccc3cccc4ccc1c2c34)C(N)=O. The predicted molar refractivity (Wildman–Crippen MR) is 92.2 cm³/mol. The Labute approximate surface area is 128 Å². The fourth-order valence-corrected chi connectivity index (χ4v) is 3.27. The normalized spacial score (nSPS) is 11.5. The van der Waals surface area contributed by atoms with Gasteiger partial charge in [-0.25, -0.2) is 0 Å². The van der Waals surface area contributed by atoms with Crippen LogP contribution in [0, 0.1) is 0 Å². The second kappa shape index (κ2) is 4.57. The maximum absolute atomic E-state index is 11.3. The first kappa shape index (κ1) is 12.8. The number of primary amides is 1. The molecule has 0 saturated heterocycles. The summed E-state index contributed by atoms with van der Waals surface area (Å²) >= 11 is 0. The maximum atomic E-state index is 11.3. The first-order chi connectivity index (χ1) is 10.6. The molecule has 106 valence electrons. The van der Waals surface area contributed by atoms with E-state index in [4.69, 9.17) is 5.73 Å². The Morgan fingerprint density at radius 1 is 0.864 bits per heavy atom. The second-order valence-corrected chi connectivity index (χ2v) is 5.73. The minimum atomic E-state index is -0.439. The average molecular weight is 285 g/mol. The van der Waals surface area contributed by atoms with Crippen LogP contribution in [0.2, 0.25) is 0 Å². The van der Waals surface area contributed by atoms with Gasteiger partial charge in [0.05, 0.1) is 0 Å². The van der Waals surface area contributed by atoms with Gasteiger partial charge in [0, 0.05) is 12.0 Å². The van der Waals surface area contributed by atoms with Crippen molar-refractivity contribution in [3.8, 4) is 0 Å². The van der Waals surface area contributed by atoms with E-state index in [-0.39, 0.29) is 0 Å². The average Bonchev–Trinajstić information content (AvgIpc) is 2.53. The Kier molecular flexibility index (Phi) is 2.67. The largest absolute Gasteiger partial charge is 0.366 e. The quantitative estimate of drug-likeness (QED) is 0.445. The van der Waals surface area contributed by atoms with E-state index in [9.17, 15) is 4.79 Å². The number of hydrogen-bond acceptors (Lipinski definition) is 1. The molecule has 4 aromatic rings. The standard InChI is InChI=1S/C20H15NO/c1-12(20(21)22)11-16-8-7-15-6-5-13-3-2-4-14-9-10-17(16)19(15)18(13)14/h2-10H,1,11H2,(H2,21,22). The Morgan fingerprint density at radius 2 is 1.45 bits per heavy atom. The molecule has 4 aromatic carbocycles. The minimum absolute atomic E-state index is 0.439.